The zero-order valence-electron chi connectivity index (χ0n) is 13.7. The summed E-state index contributed by atoms with van der Waals surface area (Å²) in [6.07, 6.45) is 2.11. The van der Waals surface area contributed by atoms with Crippen molar-refractivity contribution in [3.8, 4) is 10.7 Å². The molecule has 0 radical (unpaired) electrons. The number of nitrogens with zero attached hydrogens (tertiary/aromatic N) is 3. The molecule has 4 aromatic rings. The van der Waals surface area contributed by atoms with Crippen molar-refractivity contribution in [3.05, 3.63) is 70.9 Å². The molecule has 0 amide bonds. The van der Waals surface area contributed by atoms with Crippen LogP contribution in [0.15, 0.2) is 54.0 Å². The smallest absolute Gasteiger partial charge is 0.145 e. The number of hydrogen-bond donors (Lipinski definition) is 1. The standard InChI is InChI=1S/C19H18N4S/c1-13-8-9-16-22-17(19-21-14(2)12-24-19)18(23(16)11-13)20-10-15-6-4-3-5-7-15/h3-9,11-12,20H,10H2,1-2H3. The maximum absolute atomic E-state index is 4.80. The Bertz CT molecular complexity index is 985. The first-order chi connectivity index (χ1) is 11.7. The van der Waals surface area contributed by atoms with E-state index in [4.69, 9.17) is 4.98 Å². The number of anilines is 1. The number of thiazole rings is 1. The van der Waals surface area contributed by atoms with Gasteiger partial charge in [0.05, 0.1) is 0 Å². The Labute approximate surface area is 144 Å². The minimum Gasteiger partial charge on any atom is -0.365 e. The minimum absolute atomic E-state index is 0.750. The molecule has 0 saturated heterocycles. The number of benzene rings is 1. The van der Waals surface area contributed by atoms with Crippen LogP contribution in [-0.4, -0.2) is 14.4 Å². The van der Waals surface area contributed by atoms with Crippen LogP contribution >= 0.6 is 11.3 Å². The van der Waals surface area contributed by atoms with E-state index in [9.17, 15) is 0 Å². The first kappa shape index (κ1) is 14.9. The molecule has 0 saturated carbocycles. The molecule has 0 aliphatic carbocycles. The fourth-order valence-electron chi connectivity index (χ4n) is 2.71. The highest BCUT2D eigenvalue weighted by atomic mass is 32.1. The summed E-state index contributed by atoms with van der Waals surface area (Å²) in [5, 5.41) is 6.56. The Morgan fingerprint density at radius 2 is 1.88 bits per heavy atom. The van der Waals surface area contributed by atoms with Crippen LogP contribution in [0.25, 0.3) is 16.3 Å². The van der Waals surface area contributed by atoms with Crippen molar-refractivity contribution in [1.82, 2.24) is 14.4 Å². The SMILES string of the molecule is Cc1ccc2nc(-c3nc(C)cs3)c(NCc3ccccc3)n2c1. The van der Waals surface area contributed by atoms with E-state index in [1.54, 1.807) is 11.3 Å². The van der Waals surface area contributed by atoms with Crippen molar-refractivity contribution in [2.24, 2.45) is 0 Å². The lowest BCUT2D eigenvalue weighted by Gasteiger charge is -2.08. The van der Waals surface area contributed by atoms with Crippen molar-refractivity contribution in [1.29, 1.82) is 0 Å². The van der Waals surface area contributed by atoms with Crippen molar-refractivity contribution in [2.75, 3.05) is 5.32 Å². The second-order valence-corrected chi connectivity index (χ2v) is 6.73. The molecule has 0 fully saturated rings. The van der Waals surface area contributed by atoms with Gasteiger partial charge in [-0.15, -0.1) is 11.3 Å². The number of hydrogen-bond acceptors (Lipinski definition) is 4. The van der Waals surface area contributed by atoms with Crippen molar-refractivity contribution >= 4 is 22.8 Å². The van der Waals surface area contributed by atoms with Crippen LogP contribution in [0.3, 0.4) is 0 Å². The predicted molar refractivity (Wildman–Crippen MR) is 99.5 cm³/mol. The third-order valence-electron chi connectivity index (χ3n) is 3.89. The second kappa shape index (κ2) is 6.09. The molecule has 3 aromatic heterocycles. The summed E-state index contributed by atoms with van der Waals surface area (Å²) in [5.41, 5.74) is 5.30. The number of rotatable bonds is 4. The Kier molecular flexibility index (Phi) is 3.78. The molecule has 4 rings (SSSR count). The lowest BCUT2D eigenvalue weighted by molar-refractivity contribution is 1.08. The molecule has 24 heavy (non-hydrogen) atoms. The first-order valence-corrected chi connectivity index (χ1v) is 8.78. The molecule has 0 spiro atoms. The molecule has 120 valence electrons. The summed E-state index contributed by atoms with van der Waals surface area (Å²) in [5.74, 6) is 0.993. The van der Waals surface area contributed by atoms with Crippen LogP contribution in [0, 0.1) is 13.8 Å². The Morgan fingerprint density at radius 3 is 2.62 bits per heavy atom. The van der Waals surface area contributed by atoms with Gasteiger partial charge in [-0.2, -0.15) is 0 Å². The first-order valence-electron chi connectivity index (χ1n) is 7.90. The number of aryl methyl sites for hydroxylation is 2. The largest absolute Gasteiger partial charge is 0.365 e. The molecule has 1 N–H and O–H groups in total. The van der Waals surface area contributed by atoms with Crippen molar-refractivity contribution in [2.45, 2.75) is 20.4 Å². The van der Waals surface area contributed by atoms with Gasteiger partial charge in [0.1, 0.15) is 22.2 Å². The maximum atomic E-state index is 4.80. The van der Waals surface area contributed by atoms with Gasteiger partial charge in [0.25, 0.3) is 0 Å². The number of pyridine rings is 1. The molecule has 0 aliphatic heterocycles. The zero-order chi connectivity index (χ0) is 16.5. The average molecular weight is 334 g/mol. The van der Waals surface area contributed by atoms with Crippen molar-refractivity contribution < 1.29 is 0 Å². The summed E-state index contributed by atoms with van der Waals surface area (Å²) in [6, 6.07) is 14.5. The summed E-state index contributed by atoms with van der Waals surface area (Å²) in [6.45, 7) is 4.85. The van der Waals surface area contributed by atoms with Crippen LogP contribution < -0.4 is 5.32 Å². The predicted octanol–water partition coefficient (Wildman–Crippen LogP) is 4.69. The average Bonchev–Trinajstić information content (AvgIpc) is 3.17. The molecule has 0 unspecified atom stereocenters. The van der Waals surface area contributed by atoms with E-state index in [1.165, 1.54) is 11.1 Å². The summed E-state index contributed by atoms with van der Waals surface area (Å²) in [4.78, 5) is 9.41. The topological polar surface area (TPSA) is 42.2 Å². The number of fused-ring (bicyclic) bond motifs is 1. The number of nitrogens with one attached hydrogen (secondary N) is 1. The van der Waals surface area contributed by atoms with Gasteiger partial charge in [-0.25, -0.2) is 9.97 Å². The summed E-state index contributed by atoms with van der Waals surface area (Å²) >= 11 is 1.63. The third kappa shape index (κ3) is 2.78. The number of aromatic nitrogens is 3. The molecular weight excluding hydrogens is 316 g/mol. The highest BCUT2D eigenvalue weighted by molar-refractivity contribution is 7.13. The van der Waals surface area contributed by atoms with Gasteiger partial charge in [0.15, 0.2) is 0 Å². The van der Waals surface area contributed by atoms with Crippen molar-refractivity contribution in [3.63, 3.8) is 0 Å². The van der Waals surface area contributed by atoms with E-state index in [1.807, 2.05) is 19.1 Å². The van der Waals surface area contributed by atoms with Crippen LogP contribution in [0.4, 0.5) is 5.82 Å². The van der Waals surface area contributed by atoms with E-state index in [-0.39, 0.29) is 0 Å². The molecule has 1 aromatic carbocycles. The van der Waals surface area contributed by atoms with Crippen LogP contribution in [0.1, 0.15) is 16.8 Å². The quantitative estimate of drug-likeness (QED) is 0.589. The van der Waals surface area contributed by atoms with E-state index in [0.717, 1.165) is 34.4 Å². The second-order valence-electron chi connectivity index (χ2n) is 5.88. The van der Waals surface area contributed by atoms with Gasteiger partial charge < -0.3 is 5.32 Å². The molecular formula is C19H18N4S. The lowest BCUT2D eigenvalue weighted by atomic mass is 10.2. The Hall–Kier alpha value is -2.66. The van der Waals surface area contributed by atoms with E-state index < -0.39 is 0 Å². The Morgan fingerprint density at radius 1 is 1.04 bits per heavy atom. The van der Waals surface area contributed by atoms with Crippen LogP contribution in [0.5, 0.6) is 0 Å². The van der Waals surface area contributed by atoms with Gasteiger partial charge in [0, 0.05) is 23.8 Å². The van der Waals surface area contributed by atoms with E-state index >= 15 is 0 Å². The van der Waals surface area contributed by atoms with Gasteiger partial charge in [0.2, 0.25) is 0 Å². The molecule has 0 bridgehead atoms. The summed E-state index contributed by atoms with van der Waals surface area (Å²) < 4.78 is 2.12. The molecule has 0 aliphatic rings. The highest BCUT2D eigenvalue weighted by Crippen LogP contribution is 2.31. The van der Waals surface area contributed by atoms with E-state index in [2.05, 4.69) is 63.5 Å². The molecule has 4 nitrogen and oxygen atoms in total. The van der Waals surface area contributed by atoms with Gasteiger partial charge in [-0.1, -0.05) is 36.4 Å². The monoisotopic (exact) mass is 334 g/mol. The lowest BCUT2D eigenvalue weighted by Crippen LogP contribution is -2.03. The zero-order valence-corrected chi connectivity index (χ0v) is 14.5. The number of imidazole rings is 1. The fourth-order valence-corrected chi connectivity index (χ4v) is 3.50. The molecule has 0 atom stereocenters. The molecule has 5 heteroatoms. The van der Waals surface area contributed by atoms with Gasteiger partial charge in [-0.3, -0.25) is 4.40 Å². The highest BCUT2D eigenvalue weighted by Gasteiger charge is 2.16. The van der Waals surface area contributed by atoms with Gasteiger partial charge in [-0.05, 0) is 31.0 Å². The van der Waals surface area contributed by atoms with Gasteiger partial charge >= 0.3 is 0 Å². The molecule has 3 heterocycles. The fraction of sp³-hybridized carbons (Fsp3) is 0.158. The maximum Gasteiger partial charge on any atom is 0.145 e. The van der Waals surface area contributed by atoms with Crippen LogP contribution in [0.2, 0.25) is 0 Å². The third-order valence-corrected chi connectivity index (χ3v) is 4.86. The Balaban J connectivity index is 1.79. The van der Waals surface area contributed by atoms with E-state index in [0.29, 0.717) is 0 Å². The van der Waals surface area contributed by atoms with Crippen LogP contribution in [-0.2, 0) is 6.54 Å². The summed E-state index contributed by atoms with van der Waals surface area (Å²) in [7, 11) is 0. The normalized spacial score (nSPS) is 11.1. The minimum atomic E-state index is 0.750.